The number of H-pyrrole nitrogens is 2. The number of imidazole rings is 1. The number of nitrogens with one attached hydrogen (secondary N) is 2. The Morgan fingerprint density at radius 2 is 2.09 bits per heavy atom. The third-order valence-electron chi connectivity index (χ3n) is 3.48. The number of aryl methyl sites for hydroxylation is 1. The Morgan fingerprint density at radius 3 is 2.87 bits per heavy atom. The first-order valence-electron chi connectivity index (χ1n) is 7.03. The Balaban J connectivity index is 1.78. The summed E-state index contributed by atoms with van der Waals surface area (Å²) in [6.45, 7) is 2.91. The fraction of sp³-hybridized carbons (Fsp3) is 0.200. The van der Waals surface area contributed by atoms with Crippen LogP contribution in [0, 0.1) is 6.92 Å². The molecule has 0 radical (unpaired) electrons. The van der Waals surface area contributed by atoms with E-state index < -0.39 is 17.1 Å². The fourth-order valence-electron chi connectivity index (χ4n) is 2.40. The zero-order chi connectivity index (χ0) is 16.4. The summed E-state index contributed by atoms with van der Waals surface area (Å²) >= 11 is 0. The smallest absolute Gasteiger partial charge is 0.328 e. The summed E-state index contributed by atoms with van der Waals surface area (Å²) in [6, 6.07) is 7.81. The van der Waals surface area contributed by atoms with Gasteiger partial charge in [-0.05, 0) is 19.1 Å². The van der Waals surface area contributed by atoms with Crippen LogP contribution >= 0.6 is 0 Å². The summed E-state index contributed by atoms with van der Waals surface area (Å²) in [6.07, 6.45) is 1.25. The number of fused-ring (bicyclic) bond motifs is 1. The molecule has 3 rings (SSSR count). The van der Waals surface area contributed by atoms with Gasteiger partial charge in [0.2, 0.25) is 5.88 Å². The Bertz CT molecular complexity index is 996. The molecular formula is C15H15N5O3. The summed E-state index contributed by atoms with van der Waals surface area (Å²) in [4.78, 5) is 35.3. The number of nitrogens with zero attached hydrogens (tertiary/aromatic N) is 3. The molecular weight excluding hydrogens is 298 g/mol. The van der Waals surface area contributed by atoms with Crippen molar-refractivity contribution in [1.29, 1.82) is 0 Å². The van der Waals surface area contributed by atoms with Crippen LogP contribution in [-0.4, -0.2) is 37.4 Å². The van der Waals surface area contributed by atoms with Crippen LogP contribution in [0.4, 0.5) is 0 Å². The molecule has 0 saturated heterocycles. The van der Waals surface area contributed by atoms with Gasteiger partial charge in [-0.3, -0.25) is 19.8 Å². The lowest BCUT2D eigenvalue weighted by molar-refractivity contribution is 0.447. The largest absolute Gasteiger partial charge is 0.494 e. The first-order valence-corrected chi connectivity index (χ1v) is 7.03. The molecule has 0 bridgehead atoms. The normalized spacial score (nSPS) is 11.5. The van der Waals surface area contributed by atoms with Crippen LogP contribution in [0.25, 0.3) is 11.0 Å². The predicted octanol–water partition coefficient (Wildman–Crippen LogP) is 0.546. The molecule has 8 heteroatoms. The summed E-state index contributed by atoms with van der Waals surface area (Å²) in [7, 11) is 0. The van der Waals surface area contributed by atoms with E-state index >= 15 is 0 Å². The molecule has 3 aromatic rings. The Morgan fingerprint density at radius 1 is 1.30 bits per heavy atom. The van der Waals surface area contributed by atoms with Gasteiger partial charge in [-0.25, -0.2) is 9.78 Å². The van der Waals surface area contributed by atoms with Crippen molar-refractivity contribution in [3.63, 3.8) is 0 Å². The van der Waals surface area contributed by atoms with E-state index in [4.69, 9.17) is 0 Å². The van der Waals surface area contributed by atoms with Crippen molar-refractivity contribution in [2.75, 3.05) is 6.54 Å². The molecule has 1 aromatic carbocycles. The Hall–Kier alpha value is -3.16. The number of hydrogen-bond acceptors (Lipinski definition) is 5. The van der Waals surface area contributed by atoms with E-state index in [0.717, 1.165) is 16.9 Å². The molecule has 2 heterocycles. The average Bonchev–Trinajstić information content (AvgIpc) is 2.81. The quantitative estimate of drug-likeness (QED) is 0.610. The van der Waals surface area contributed by atoms with E-state index in [1.165, 1.54) is 6.21 Å². The van der Waals surface area contributed by atoms with Gasteiger partial charge in [0, 0.05) is 12.8 Å². The molecule has 2 aromatic heterocycles. The summed E-state index contributed by atoms with van der Waals surface area (Å²) in [5.41, 5.74) is 0.426. The van der Waals surface area contributed by atoms with Crippen LogP contribution in [0.2, 0.25) is 0 Å². The van der Waals surface area contributed by atoms with E-state index in [-0.39, 0.29) is 5.56 Å². The van der Waals surface area contributed by atoms with Crippen molar-refractivity contribution in [2.24, 2.45) is 4.99 Å². The minimum atomic E-state index is -0.759. The Labute approximate surface area is 130 Å². The summed E-state index contributed by atoms with van der Waals surface area (Å²) < 4.78 is 2.03. The molecule has 118 valence electrons. The Kier molecular flexibility index (Phi) is 3.80. The standard InChI is InChI=1S/C15H15N5O3/c1-9-17-11-4-2-3-5-12(11)20(9)7-6-16-8-10-13(21)18-15(23)19-14(10)22/h2-5,8H,6-7H2,1H3,(H3,18,19,21,22,23). The van der Waals surface area contributed by atoms with E-state index in [1.54, 1.807) is 0 Å². The molecule has 0 aliphatic carbocycles. The van der Waals surface area contributed by atoms with Crippen molar-refractivity contribution >= 4 is 17.2 Å². The third-order valence-corrected chi connectivity index (χ3v) is 3.48. The van der Waals surface area contributed by atoms with Gasteiger partial charge in [0.05, 0.1) is 17.6 Å². The van der Waals surface area contributed by atoms with Gasteiger partial charge in [0.25, 0.3) is 5.56 Å². The van der Waals surface area contributed by atoms with Gasteiger partial charge >= 0.3 is 5.69 Å². The molecule has 0 aliphatic rings. The maximum absolute atomic E-state index is 11.6. The molecule has 0 aliphatic heterocycles. The zero-order valence-corrected chi connectivity index (χ0v) is 12.4. The van der Waals surface area contributed by atoms with Gasteiger partial charge in [-0.1, -0.05) is 12.1 Å². The molecule has 0 fully saturated rings. The van der Waals surface area contributed by atoms with Crippen molar-refractivity contribution in [1.82, 2.24) is 19.5 Å². The highest BCUT2D eigenvalue weighted by Crippen LogP contribution is 2.15. The number of aromatic amines is 2. The van der Waals surface area contributed by atoms with E-state index in [1.807, 2.05) is 40.7 Å². The number of benzene rings is 1. The van der Waals surface area contributed by atoms with Crippen LogP contribution in [0.1, 0.15) is 11.4 Å². The molecule has 0 unspecified atom stereocenters. The first-order chi connectivity index (χ1) is 11.1. The highest BCUT2D eigenvalue weighted by molar-refractivity contribution is 5.81. The van der Waals surface area contributed by atoms with Crippen molar-refractivity contribution in [2.45, 2.75) is 13.5 Å². The highest BCUT2D eigenvalue weighted by Gasteiger charge is 2.07. The van der Waals surface area contributed by atoms with Crippen molar-refractivity contribution in [3.8, 4) is 5.88 Å². The number of aliphatic imine (C=N–C) groups is 1. The van der Waals surface area contributed by atoms with Crippen LogP contribution in [0.5, 0.6) is 5.88 Å². The van der Waals surface area contributed by atoms with Crippen molar-refractivity contribution < 1.29 is 5.11 Å². The van der Waals surface area contributed by atoms with Gasteiger partial charge in [-0.15, -0.1) is 0 Å². The molecule has 3 N–H and O–H groups in total. The van der Waals surface area contributed by atoms with Crippen LogP contribution in [0.3, 0.4) is 0 Å². The SMILES string of the molecule is Cc1nc2ccccc2n1CCN=Cc1c(O)[nH]c(=O)[nH]c1=O. The lowest BCUT2D eigenvalue weighted by Gasteiger charge is -2.04. The molecule has 0 saturated carbocycles. The van der Waals surface area contributed by atoms with Crippen LogP contribution < -0.4 is 11.2 Å². The maximum atomic E-state index is 11.6. The van der Waals surface area contributed by atoms with Crippen LogP contribution in [-0.2, 0) is 6.54 Å². The van der Waals surface area contributed by atoms with E-state index in [2.05, 4.69) is 15.0 Å². The van der Waals surface area contributed by atoms with E-state index in [9.17, 15) is 14.7 Å². The predicted molar refractivity (Wildman–Crippen MR) is 86.3 cm³/mol. The number of rotatable bonds is 4. The minimum absolute atomic E-state index is 0.0724. The lowest BCUT2D eigenvalue weighted by Crippen LogP contribution is -2.24. The van der Waals surface area contributed by atoms with Gasteiger partial charge in [0.15, 0.2) is 0 Å². The van der Waals surface area contributed by atoms with Crippen molar-refractivity contribution in [3.05, 3.63) is 56.5 Å². The molecule has 0 spiro atoms. The molecule has 23 heavy (non-hydrogen) atoms. The topological polar surface area (TPSA) is 116 Å². The molecule has 8 nitrogen and oxygen atoms in total. The van der Waals surface area contributed by atoms with Gasteiger partial charge in [-0.2, -0.15) is 0 Å². The number of hydrogen-bond donors (Lipinski definition) is 3. The second-order valence-corrected chi connectivity index (χ2v) is 5.01. The monoisotopic (exact) mass is 313 g/mol. The maximum Gasteiger partial charge on any atom is 0.328 e. The lowest BCUT2D eigenvalue weighted by atomic mass is 10.3. The number of aromatic hydroxyl groups is 1. The third kappa shape index (κ3) is 2.91. The van der Waals surface area contributed by atoms with E-state index in [0.29, 0.717) is 13.1 Å². The second kappa shape index (κ2) is 5.91. The zero-order valence-electron chi connectivity index (χ0n) is 12.4. The second-order valence-electron chi connectivity index (χ2n) is 5.01. The van der Waals surface area contributed by atoms with Gasteiger partial charge < -0.3 is 9.67 Å². The molecule has 0 amide bonds. The number of aromatic nitrogens is 4. The molecule has 0 atom stereocenters. The van der Waals surface area contributed by atoms with Crippen LogP contribution in [0.15, 0.2) is 38.8 Å². The minimum Gasteiger partial charge on any atom is -0.494 e. The summed E-state index contributed by atoms with van der Waals surface area (Å²) in [5, 5.41) is 9.56. The average molecular weight is 313 g/mol. The highest BCUT2D eigenvalue weighted by atomic mass is 16.3. The fourth-order valence-corrected chi connectivity index (χ4v) is 2.40. The first kappa shape index (κ1) is 14.8. The van der Waals surface area contributed by atoms with Gasteiger partial charge in [0.1, 0.15) is 11.4 Å². The number of para-hydroxylation sites is 2. The summed E-state index contributed by atoms with van der Waals surface area (Å²) in [5.74, 6) is 0.387.